The SMILES string of the molecule is CNCc1sc(Cc2cccs2)nc1C. The molecule has 4 heteroatoms. The van der Waals surface area contributed by atoms with Gasteiger partial charge in [-0.1, -0.05) is 6.07 Å². The van der Waals surface area contributed by atoms with Crippen LogP contribution in [0.25, 0.3) is 0 Å². The van der Waals surface area contributed by atoms with Crippen molar-refractivity contribution in [3.05, 3.63) is 38.0 Å². The van der Waals surface area contributed by atoms with Gasteiger partial charge in [-0.15, -0.1) is 22.7 Å². The van der Waals surface area contributed by atoms with Crippen molar-refractivity contribution in [2.45, 2.75) is 19.9 Å². The number of nitrogens with one attached hydrogen (secondary N) is 1. The Morgan fingerprint density at radius 1 is 1.47 bits per heavy atom. The van der Waals surface area contributed by atoms with E-state index < -0.39 is 0 Å². The lowest BCUT2D eigenvalue weighted by atomic mass is 10.3. The summed E-state index contributed by atoms with van der Waals surface area (Å²) in [6.07, 6.45) is 0.979. The molecule has 0 unspecified atom stereocenters. The van der Waals surface area contributed by atoms with Crippen molar-refractivity contribution in [3.63, 3.8) is 0 Å². The summed E-state index contributed by atoms with van der Waals surface area (Å²) in [5, 5.41) is 6.51. The molecule has 2 nitrogen and oxygen atoms in total. The Kier molecular flexibility index (Phi) is 3.51. The van der Waals surface area contributed by atoms with Gasteiger partial charge in [0.2, 0.25) is 0 Å². The topological polar surface area (TPSA) is 24.9 Å². The van der Waals surface area contributed by atoms with E-state index in [9.17, 15) is 0 Å². The molecule has 2 aromatic heterocycles. The molecule has 0 spiro atoms. The maximum absolute atomic E-state index is 4.59. The van der Waals surface area contributed by atoms with Crippen LogP contribution in [-0.2, 0) is 13.0 Å². The molecule has 0 amide bonds. The predicted octanol–water partition coefficient (Wildman–Crippen LogP) is 2.82. The molecule has 0 aliphatic carbocycles. The van der Waals surface area contributed by atoms with Crippen LogP contribution in [0.3, 0.4) is 0 Å². The van der Waals surface area contributed by atoms with E-state index in [0.29, 0.717) is 0 Å². The number of aromatic nitrogens is 1. The maximum Gasteiger partial charge on any atom is 0.0983 e. The second-order valence-corrected chi connectivity index (χ2v) is 5.60. The van der Waals surface area contributed by atoms with Gasteiger partial charge < -0.3 is 5.32 Å². The first-order valence-electron chi connectivity index (χ1n) is 4.91. The minimum absolute atomic E-state index is 0.925. The quantitative estimate of drug-likeness (QED) is 0.886. The predicted molar refractivity (Wildman–Crippen MR) is 66.7 cm³/mol. The Morgan fingerprint density at radius 3 is 3.00 bits per heavy atom. The van der Waals surface area contributed by atoms with Gasteiger partial charge in [0, 0.05) is 22.7 Å². The van der Waals surface area contributed by atoms with Gasteiger partial charge in [0.15, 0.2) is 0 Å². The summed E-state index contributed by atoms with van der Waals surface area (Å²) in [4.78, 5) is 7.33. The molecule has 0 radical (unpaired) electrons. The number of nitrogens with zero attached hydrogens (tertiary/aromatic N) is 1. The third kappa shape index (κ3) is 2.65. The van der Waals surface area contributed by atoms with Crippen LogP contribution in [0, 0.1) is 6.92 Å². The van der Waals surface area contributed by atoms with Crippen molar-refractivity contribution in [2.24, 2.45) is 0 Å². The van der Waals surface area contributed by atoms with Gasteiger partial charge in [0.1, 0.15) is 0 Å². The smallest absolute Gasteiger partial charge is 0.0983 e. The second kappa shape index (κ2) is 4.88. The summed E-state index contributed by atoms with van der Waals surface area (Å²) in [5.41, 5.74) is 1.17. The number of thiophene rings is 1. The highest BCUT2D eigenvalue weighted by atomic mass is 32.1. The molecule has 1 N–H and O–H groups in total. The third-order valence-electron chi connectivity index (χ3n) is 2.18. The number of thiazole rings is 1. The van der Waals surface area contributed by atoms with E-state index in [0.717, 1.165) is 13.0 Å². The molecule has 15 heavy (non-hydrogen) atoms. The minimum Gasteiger partial charge on any atom is -0.315 e. The minimum atomic E-state index is 0.925. The molecule has 0 fully saturated rings. The highest BCUT2D eigenvalue weighted by Crippen LogP contribution is 2.22. The summed E-state index contributed by atoms with van der Waals surface area (Å²) in [7, 11) is 1.97. The summed E-state index contributed by atoms with van der Waals surface area (Å²) in [5.74, 6) is 0. The number of hydrogen-bond donors (Lipinski definition) is 1. The van der Waals surface area contributed by atoms with Crippen LogP contribution in [0.15, 0.2) is 17.5 Å². The molecule has 0 bridgehead atoms. The number of hydrogen-bond acceptors (Lipinski definition) is 4. The maximum atomic E-state index is 4.59. The Bertz CT molecular complexity index is 418. The molecule has 2 aromatic rings. The molecule has 80 valence electrons. The van der Waals surface area contributed by atoms with E-state index in [1.165, 1.54) is 20.5 Å². The molecule has 0 aliphatic rings. The first kappa shape index (κ1) is 10.8. The fourth-order valence-corrected chi connectivity index (χ4v) is 3.36. The van der Waals surface area contributed by atoms with Gasteiger partial charge >= 0.3 is 0 Å². The van der Waals surface area contributed by atoms with Crippen LogP contribution in [0.5, 0.6) is 0 Å². The molecule has 0 aromatic carbocycles. The van der Waals surface area contributed by atoms with Crippen molar-refractivity contribution in [1.29, 1.82) is 0 Å². The van der Waals surface area contributed by atoms with E-state index >= 15 is 0 Å². The van der Waals surface area contributed by atoms with E-state index in [-0.39, 0.29) is 0 Å². The fourth-order valence-electron chi connectivity index (χ4n) is 1.45. The highest BCUT2D eigenvalue weighted by molar-refractivity contribution is 7.12. The average Bonchev–Trinajstić information content (AvgIpc) is 2.79. The largest absolute Gasteiger partial charge is 0.315 e. The van der Waals surface area contributed by atoms with Gasteiger partial charge in [-0.05, 0) is 25.4 Å². The van der Waals surface area contributed by atoms with Crippen molar-refractivity contribution < 1.29 is 0 Å². The number of aryl methyl sites for hydroxylation is 1. The molecule has 0 saturated carbocycles. The second-order valence-electron chi connectivity index (χ2n) is 3.40. The molecular formula is C11H14N2S2. The monoisotopic (exact) mass is 238 g/mol. The van der Waals surface area contributed by atoms with Crippen LogP contribution in [0.2, 0.25) is 0 Å². The molecular weight excluding hydrogens is 224 g/mol. The van der Waals surface area contributed by atoms with Crippen LogP contribution < -0.4 is 5.32 Å². The number of rotatable bonds is 4. The summed E-state index contributed by atoms with van der Waals surface area (Å²) in [6.45, 7) is 3.01. The highest BCUT2D eigenvalue weighted by Gasteiger charge is 2.07. The van der Waals surface area contributed by atoms with Gasteiger partial charge in [-0.3, -0.25) is 0 Å². The average molecular weight is 238 g/mol. The van der Waals surface area contributed by atoms with Crippen LogP contribution in [0.4, 0.5) is 0 Å². The zero-order chi connectivity index (χ0) is 10.7. The lowest BCUT2D eigenvalue weighted by molar-refractivity contribution is 0.822. The molecule has 2 heterocycles. The molecule has 0 aliphatic heterocycles. The van der Waals surface area contributed by atoms with E-state index in [1.807, 2.05) is 18.4 Å². The molecule has 0 atom stereocenters. The zero-order valence-corrected chi connectivity index (χ0v) is 10.5. The van der Waals surface area contributed by atoms with Crippen molar-refractivity contribution in [2.75, 3.05) is 7.05 Å². The van der Waals surface area contributed by atoms with E-state index in [2.05, 4.69) is 34.7 Å². The van der Waals surface area contributed by atoms with Gasteiger partial charge in [0.05, 0.1) is 10.7 Å². The van der Waals surface area contributed by atoms with Gasteiger partial charge in [-0.25, -0.2) is 4.98 Å². The zero-order valence-electron chi connectivity index (χ0n) is 8.91. The summed E-state index contributed by atoms with van der Waals surface area (Å²) in [6, 6.07) is 4.26. The van der Waals surface area contributed by atoms with Crippen LogP contribution in [0.1, 0.15) is 20.5 Å². The molecule has 0 saturated heterocycles. The van der Waals surface area contributed by atoms with Crippen molar-refractivity contribution >= 4 is 22.7 Å². The van der Waals surface area contributed by atoms with Gasteiger partial charge in [0.25, 0.3) is 0 Å². The van der Waals surface area contributed by atoms with E-state index in [4.69, 9.17) is 0 Å². The fraction of sp³-hybridized carbons (Fsp3) is 0.364. The van der Waals surface area contributed by atoms with Crippen LogP contribution >= 0.6 is 22.7 Å². The summed E-state index contributed by atoms with van der Waals surface area (Å²) >= 11 is 3.61. The van der Waals surface area contributed by atoms with Crippen molar-refractivity contribution in [3.8, 4) is 0 Å². The van der Waals surface area contributed by atoms with Gasteiger partial charge in [-0.2, -0.15) is 0 Å². The lowest BCUT2D eigenvalue weighted by Gasteiger charge is -1.93. The first-order chi connectivity index (χ1) is 7.29. The van der Waals surface area contributed by atoms with Crippen LogP contribution in [-0.4, -0.2) is 12.0 Å². The molecule has 2 rings (SSSR count). The first-order valence-corrected chi connectivity index (χ1v) is 6.61. The normalized spacial score (nSPS) is 10.8. The Labute approximate surface area is 98.0 Å². The lowest BCUT2D eigenvalue weighted by Crippen LogP contribution is -2.04. The van der Waals surface area contributed by atoms with Crippen molar-refractivity contribution in [1.82, 2.24) is 10.3 Å². The summed E-state index contributed by atoms with van der Waals surface area (Å²) < 4.78 is 0. The third-order valence-corrected chi connectivity index (χ3v) is 4.21. The van der Waals surface area contributed by atoms with E-state index in [1.54, 1.807) is 11.3 Å². The standard InChI is InChI=1S/C11H14N2S2/c1-8-10(7-12-2)15-11(13-8)6-9-4-3-5-14-9/h3-5,12H,6-7H2,1-2H3. The Hall–Kier alpha value is -0.710. The Morgan fingerprint density at radius 2 is 2.33 bits per heavy atom. The Balaban J connectivity index is 2.12.